The number of fused-ring (bicyclic) bond motifs is 1. The molecule has 2 atom stereocenters. The first-order chi connectivity index (χ1) is 27.7. The first-order valence-corrected chi connectivity index (χ1v) is 21.0. The lowest BCUT2D eigenvalue weighted by molar-refractivity contribution is 0.0300. The largest absolute Gasteiger partial charge is 0.475 e. The lowest BCUT2D eigenvalue weighted by atomic mass is 9.83. The number of carbonyl (C=O) groups is 1. The van der Waals surface area contributed by atoms with E-state index in [0.717, 1.165) is 33.6 Å². The van der Waals surface area contributed by atoms with E-state index < -0.39 is 22.7 Å². The van der Waals surface area contributed by atoms with E-state index >= 15 is 0 Å². The second-order valence-corrected chi connectivity index (χ2v) is 16.6. The number of hydrogen-bond acceptors (Lipinski definition) is 6. The number of halogens is 6. The van der Waals surface area contributed by atoms with Gasteiger partial charge < -0.3 is 24.0 Å². The average molecular weight is 900 g/mol. The Labute approximate surface area is 370 Å². The van der Waals surface area contributed by atoms with E-state index in [4.69, 9.17) is 83.8 Å². The van der Waals surface area contributed by atoms with Gasteiger partial charge in [0.2, 0.25) is 0 Å². The van der Waals surface area contributed by atoms with Gasteiger partial charge in [0.25, 0.3) is 0 Å². The molecule has 6 rings (SSSR count). The number of carbonyl (C=O) groups excluding carboxylic acids is 1. The van der Waals surface area contributed by atoms with Crippen LogP contribution in [-0.2, 0) is 10.3 Å². The molecule has 2 unspecified atom stereocenters. The summed E-state index contributed by atoms with van der Waals surface area (Å²) in [7, 11) is 7.90. The zero-order valence-corrected chi connectivity index (χ0v) is 37.3. The molecule has 5 aromatic rings. The Bertz CT molecular complexity index is 2200. The second-order valence-electron chi connectivity index (χ2n) is 14.1. The van der Waals surface area contributed by atoms with Crippen molar-refractivity contribution in [1.29, 1.82) is 0 Å². The van der Waals surface area contributed by atoms with Crippen molar-refractivity contribution in [3.05, 3.63) is 163 Å². The molecule has 0 radical (unpaired) electrons. The smallest absolute Gasteiger partial charge is 0.341 e. The molecule has 0 aromatic heterocycles. The Balaban J connectivity index is 1.69. The van der Waals surface area contributed by atoms with Crippen LogP contribution in [-0.4, -0.2) is 45.3 Å². The average Bonchev–Trinajstić information content (AvgIpc) is 3.52. The lowest BCUT2D eigenvalue weighted by Gasteiger charge is -2.27. The fourth-order valence-electron chi connectivity index (χ4n) is 6.55. The zero-order valence-electron chi connectivity index (χ0n) is 32.8. The van der Waals surface area contributed by atoms with E-state index in [1.54, 1.807) is 0 Å². The summed E-state index contributed by atoms with van der Waals surface area (Å²) >= 11 is 40.1. The number of alkyl halides is 2. The van der Waals surface area contributed by atoms with Crippen molar-refractivity contribution < 1.29 is 19.0 Å². The number of ether oxygens (including phenoxy) is 3. The Morgan fingerprint density at radius 2 is 0.931 bits per heavy atom. The van der Waals surface area contributed by atoms with Crippen LogP contribution in [0.15, 0.2) is 109 Å². The highest BCUT2D eigenvalue weighted by atomic mass is 35.5. The van der Waals surface area contributed by atoms with Gasteiger partial charge >= 0.3 is 5.97 Å². The van der Waals surface area contributed by atoms with Crippen molar-refractivity contribution in [3.63, 3.8) is 0 Å². The standard InChI is InChI=1S/C46H42Cl6N2O4/c1-7-37(47)56-33-21-13-29(14-22-33)35(27-9-17-31(18-10-27)53(3)4)25-46(40-39(45(55)58-46)41(49)43(51)44(52)42(40)50)26-36(28-11-19-32(20-12-28)54(5)6)30-15-23-34(24-16-30)57-38(48)8-2/h9-26,37-38H,7-8H2,1-6H3/b35-25+,36-26+. The monoisotopic (exact) mass is 896 g/mol. The van der Waals surface area contributed by atoms with Gasteiger partial charge in [-0.15, -0.1) is 0 Å². The van der Waals surface area contributed by atoms with Crippen molar-refractivity contribution in [2.24, 2.45) is 0 Å². The van der Waals surface area contributed by atoms with Gasteiger partial charge in [-0.25, -0.2) is 4.79 Å². The third kappa shape index (κ3) is 9.23. The SMILES string of the molecule is CCC(Cl)Oc1ccc(/C(=C/C2(/C=C(/c3ccc(OC(Cl)CC)cc3)c3ccc(N(C)C)cc3)OC(=O)c3c(Cl)c(Cl)c(Cl)c(Cl)c32)c2ccc(N(C)C)cc2)cc1. The van der Waals surface area contributed by atoms with Crippen molar-refractivity contribution >= 4 is 98.1 Å². The Morgan fingerprint density at radius 3 is 1.28 bits per heavy atom. The fourth-order valence-corrected chi connectivity index (χ4v) is 7.84. The summed E-state index contributed by atoms with van der Waals surface area (Å²) in [5.74, 6) is 0.490. The molecule has 0 spiro atoms. The van der Waals surface area contributed by atoms with Crippen molar-refractivity contribution in [2.45, 2.75) is 43.4 Å². The molecule has 0 saturated heterocycles. The van der Waals surface area contributed by atoms with Crippen molar-refractivity contribution in [2.75, 3.05) is 38.0 Å². The highest BCUT2D eigenvalue weighted by Gasteiger charge is 2.48. The number of rotatable bonds is 14. The molecule has 1 heterocycles. The summed E-state index contributed by atoms with van der Waals surface area (Å²) in [6.45, 7) is 3.90. The minimum Gasteiger partial charge on any atom is -0.475 e. The number of hydrogen-bond donors (Lipinski definition) is 0. The van der Waals surface area contributed by atoms with Gasteiger partial charge in [0.15, 0.2) is 16.7 Å². The topological polar surface area (TPSA) is 51.2 Å². The van der Waals surface area contributed by atoms with Gasteiger partial charge in [0.1, 0.15) is 11.5 Å². The number of nitrogens with zero attached hydrogens (tertiary/aromatic N) is 2. The van der Waals surface area contributed by atoms with Crippen molar-refractivity contribution in [3.8, 4) is 11.5 Å². The molecule has 0 amide bonds. The highest BCUT2D eigenvalue weighted by molar-refractivity contribution is 6.53. The predicted octanol–water partition coefficient (Wildman–Crippen LogP) is 13.8. The van der Waals surface area contributed by atoms with Gasteiger partial charge in [0.05, 0.1) is 25.7 Å². The van der Waals surface area contributed by atoms with Crippen molar-refractivity contribution in [1.82, 2.24) is 0 Å². The summed E-state index contributed by atoms with van der Waals surface area (Å²) in [5.41, 5.74) is 4.26. The van der Waals surface area contributed by atoms with E-state index in [2.05, 4.69) is 0 Å². The Morgan fingerprint density at radius 1 is 0.586 bits per heavy atom. The third-order valence-corrected chi connectivity index (χ3v) is 12.3. The van der Waals surface area contributed by atoms with E-state index in [1.165, 1.54) is 0 Å². The van der Waals surface area contributed by atoms with E-state index in [1.807, 2.05) is 161 Å². The minimum atomic E-state index is -1.69. The van der Waals surface area contributed by atoms with Gasteiger partial charge in [0, 0.05) is 45.1 Å². The van der Waals surface area contributed by atoms with Crippen LogP contribution in [0.2, 0.25) is 20.1 Å². The molecular formula is C46H42Cl6N2O4. The fraction of sp³-hybridized carbons (Fsp3) is 0.239. The molecule has 6 nitrogen and oxygen atoms in total. The van der Waals surface area contributed by atoms with E-state index in [-0.39, 0.29) is 31.2 Å². The van der Waals surface area contributed by atoms with Crippen LogP contribution in [0.3, 0.4) is 0 Å². The molecule has 0 aliphatic carbocycles. The molecule has 0 saturated carbocycles. The van der Waals surface area contributed by atoms with Gasteiger partial charge in [-0.1, -0.05) is 132 Å². The molecule has 58 heavy (non-hydrogen) atoms. The molecule has 1 aliphatic rings. The Hall–Kier alpha value is -4.01. The molecule has 302 valence electrons. The zero-order chi connectivity index (χ0) is 41.9. The number of benzene rings is 5. The number of anilines is 2. The normalized spacial score (nSPS) is 16.4. The molecule has 0 fully saturated rings. The molecule has 12 heteroatoms. The van der Waals surface area contributed by atoms with Crippen LogP contribution in [0.5, 0.6) is 11.5 Å². The number of esters is 1. The van der Waals surface area contributed by atoms with Gasteiger partial charge in [-0.3, -0.25) is 0 Å². The van der Waals surface area contributed by atoms with Crippen LogP contribution < -0.4 is 19.3 Å². The summed E-state index contributed by atoms with van der Waals surface area (Å²) in [6, 6.07) is 31.2. The molecule has 1 aliphatic heterocycles. The predicted molar refractivity (Wildman–Crippen MR) is 243 cm³/mol. The minimum absolute atomic E-state index is 0.00793. The molecule has 5 aromatic carbocycles. The van der Waals surface area contributed by atoms with Gasteiger partial charge in [-0.05, 0) is 107 Å². The second kappa shape index (κ2) is 18.5. The van der Waals surface area contributed by atoms with Crippen LogP contribution >= 0.6 is 69.6 Å². The summed E-state index contributed by atoms with van der Waals surface area (Å²) in [5, 5.41) is -0.0876. The number of cyclic esters (lactones) is 1. The molecule has 0 N–H and O–H groups in total. The van der Waals surface area contributed by atoms with Gasteiger partial charge in [-0.2, -0.15) is 0 Å². The molecule has 0 bridgehead atoms. The maximum atomic E-state index is 14.2. The maximum absolute atomic E-state index is 14.2. The van der Waals surface area contributed by atoms with E-state index in [9.17, 15) is 4.79 Å². The lowest BCUT2D eigenvalue weighted by Crippen LogP contribution is -2.23. The highest BCUT2D eigenvalue weighted by Crippen LogP contribution is 2.53. The van der Waals surface area contributed by atoms with Crippen LogP contribution in [0.4, 0.5) is 11.4 Å². The first-order valence-electron chi connectivity index (χ1n) is 18.6. The van der Waals surface area contributed by atoms with E-state index in [0.29, 0.717) is 35.5 Å². The van der Waals surface area contributed by atoms with Crippen LogP contribution in [0.1, 0.15) is 64.9 Å². The quantitative estimate of drug-likeness (QED) is 0.0479. The van der Waals surface area contributed by atoms with Crippen LogP contribution in [0.25, 0.3) is 11.1 Å². The van der Waals surface area contributed by atoms with Crippen LogP contribution in [0, 0.1) is 0 Å². The summed E-state index contributed by atoms with van der Waals surface area (Å²) < 4.78 is 18.4. The summed E-state index contributed by atoms with van der Waals surface area (Å²) in [6.07, 6.45) is 5.02. The molecular weight excluding hydrogens is 857 g/mol. The summed E-state index contributed by atoms with van der Waals surface area (Å²) in [4.78, 5) is 18.3. The maximum Gasteiger partial charge on any atom is 0.341 e. The third-order valence-electron chi connectivity index (χ3n) is 9.73. The Kier molecular flexibility index (Phi) is 13.9. The first kappa shape index (κ1) is 43.6.